The van der Waals surface area contributed by atoms with E-state index in [0.717, 1.165) is 34.2 Å². The molecule has 1 saturated heterocycles. The minimum Gasteiger partial charge on any atom is -0.488 e. The van der Waals surface area contributed by atoms with Crippen LogP contribution in [0.25, 0.3) is 16.8 Å². The van der Waals surface area contributed by atoms with Crippen LogP contribution in [0.5, 0.6) is 5.75 Å². The van der Waals surface area contributed by atoms with E-state index in [1.54, 1.807) is 0 Å². The number of ether oxygens (including phenoxy) is 1. The highest BCUT2D eigenvalue weighted by Gasteiger charge is 2.37. The van der Waals surface area contributed by atoms with Crippen molar-refractivity contribution in [2.24, 2.45) is 0 Å². The van der Waals surface area contributed by atoms with Crippen LogP contribution in [-0.2, 0) is 11.4 Å². The molecule has 5 rings (SSSR count). The van der Waals surface area contributed by atoms with Crippen LogP contribution in [0.4, 0.5) is 0 Å². The van der Waals surface area contributed by atoms with E-state index >= 15 is 0 Å². The summed E-state index contributed by atoms with van der Waals surface area (Å²) in [7, 11) is 0. The highest BCUT2D eigenvalue weighted by Crippen LogP contribution is 2.38. The smallest absolute Gasteiger partial charge is 0.266 e. The number of nitrogens with zero attached hydrogens (tertiary/aromatic N) is 1. The average molecular weight is 539 g/mol. The van der Waals surface area contributed by atoms with Crippen molar-refractivity contribution in [2.45, 2.75) is 44.8 Å². The second-order valence-electron chi connectivity index (χ2n) is 8.45. The quantitative estimate of drug-likeness (QED) is 0.246. The van der Waals surface area contributed by atoms with Crippen LogP contribution in [0.3, 0.4) is 0 Å². The summed E-state index contributed by atoms with van der Waals surface area (Å²) < 4.78 is 7.88. The summed E-state index contributed by atoms with van der Waals surface area (Å²) in [5, 5.41) is 2.38. The lowest BCUT2D eigenvalue weighted by Crippen LogP contribution is -2.39. The first-order valence-electron chi connectivity index (χ1n) is 11.3. The third-order valence-electron chi connectivity index (χ3n) is 6.28. The number of benzene rings is 3. The van der Waals surface area contributed by atoms with Gasteiger partial charge in [-0.2, -0.15) is 0 Å². The Kier molecular flexibility index (Phi) is 6.86. The molecule has 0 radical (unpaired) electrons. The fraction of sp³-hybridized carbons (Fsp3) is 0.259. The van der Waals surface area contributed by atoms with Gasteiger partial charge >= 0.3 is 0 Å². The van der Waals surface area contributed by atoms with Crippen LogP contribution in [0.2, 0.25) is 0 Å². The number of thioether (sulfide) groups is 1. The fourth-order valence-corrected chi connectivity index (χ4v) is 6.38. The minimum absolute atomic E-state index is 0.0249. The molecule has 2 fully saturated rings. The lowest BCUT2D eigenvalue weighted by molar-refractivity contribution is -0.124. The Balaban J connectivity index is 1.40. The van der Waals surface area contributed by atoms with Gasteiger partial charge in [0, 0.05) is 16.1 Å². The molecular weight excluding hydrogens is 514 g/mol. The number of thiocarbonyl (C=S) groups is 1. The van der Waals surface area contributed by atoms with Crippen LogP contribution in [-0.4, -0.2) is 21.2 Å². The second-order valence-corrected chi connectivity index (χ2v) is 11.0. The topological polar surface area (TPSA) is 29.5 Å². The zero-order valence-electron chi connectivity index (χ0n) is 18.1. The first kappa shape index (κ1) is 22.6. The fourth-order valence-electron chi connectivity index (χ4n) is 4.61. The molecule has 3 aromatic carbocycles. The van der Waals surface area contributed by atoms with E-state index in [0.29, 0.717) is 15.8 Å². The van der Waals surface area contributed by atoms with E-state index in [4.69, 9.17) is 17.0 Å². The number of fused-ring (bicyclic) bond motifs is 1. The molecule has 3 nitrogen and oxygen atoms in total. The third kappa shape index (κ3) is 4.88. The van der Waals surface area contributed by atoms with Crippen LogP contribution >= 0.6 is 39.9 Å². The summed E-state index contributed by atoms with van der Waals surface area (Å²) >= 11 is 10.6. The number of rotatable bonds is 5. The van der Waals surface area contributed by atoms with E-state index in [1.165, 1.54) is 41.8 Å². The summed E-state index contributed by atoms with van der Waals surface area (Å²) in [6, 6.07) is 20.7. The van der Waals surface area contributed by atoms with Gasteiger partial charge in [-0.3, -0.25) is 9.69 Å². The van der Waals surface area contributed by atoms with Gasteiger partial charge in [-0.25, -0.2) is 0 Å². The van der Waals surface area contributed by atoms with Crippen LogP contribution in [0.15, 0.2) is 70.0 Å². The molecule has 33 heavy (non-hydrogen) atoms. The predicted molar refractivity (Wildman–Crippen MR) is 144 cm³/mol. The number of amides is 1. The maximum Gasteiger partial charge on any atom is 0.266 e. The summed E-state index contributed by atoms with van der Waals surface area (Å²) in [6.07, 6.45) is 7.57. The normalized spacial score (nSPS) is 18.5. The Bertz CT molecular complexity index is 1240. The molecule has 0 N–H and O–H groups in total. The molecule has 0 spiro atoms. The molecule has 1 heterocycles. The van der Waals surface area contributed by atoms with Crippen LogP contribution in [0, 0.1) is 0 Å². The summed E-state index contributed by atoms with van der Waals surface area (Å²) in [4.78, 5) is 15.8. The van der Waals surface area contributed by atoms with Crippen molar-refractivity contribution < 1.29 is 9.53 Å². The van der Waals surface area contributed by atoms with E-state index in [1.807, 2.05) is 41.3 Å². The van der Waals surface area contributed by atoms with Gasteiger partial charge in [0.2, 0.25) is 0 Å². The molecular formula is C27H24BrNO2S2. The van der Waals surface area contributed by atoms with Gasteiger partial charge in [0.25, 0.3) is 5.91 Å². The molecule has 168 valence electrons. The van der Waals surface area contributed by atoms with Crippen LogP contribution < -0.4 is 4.74 Å². The Morgan fingerprint density at radius 3 is 2.70 bits per heavy atom. The molecule has 6 heteroatoms. The average Bonchev–Trinajstić information content (AvgIpc) is 3.11. The highest BCUT2D eigenvalue weighted by molar-refractivity contribution is 9.10. The lowest BCUT2D eigenvalue weighted by atomic mass is 9.94. The molecule has 1 aliphatic carbocycles. The molecule has 0 bridgehead atoms. The molecule has 0 aromatic heterocycles. The van der Waals surface area contributed by atoms with Gasteiger partial charge in [0.15, 0.2) is 0 Å². The maximum atomic E-state index is 13.2. The Morgan fingerprint density at radius 2 is 1.85 bits per heavy atom. The Labute approximate surface area is 212 Å². The first-order valence-corrected chi connectivity index (χ1v) is 13.3. The number of halogens is 1. The first-order chi connectivity index (χ1) is 16.1. The number of hydrogen-bond acceptors (Lipinski definition) is 4. The van der Waals surface area contributed by atoms with Gasteiger partial charge in [-0.05, 0) is 53.5 Å². The Hall–Kier alpha value is -2.15. The van der Waals surface area contributed by atoms with Gasteiger partial charge in [0.1, 0.15) is 16.7 Å². The van der Waals surface area contributed by atoms with Crippen molar-refractivity contribution in [1.29, 1.82) is 0 Å². The second kappa shape index (κ2) is 10.00. The van der Waals surface area contributed by atoms with Crippen molar-refractivity contribution in [3.8, 4) is 5.75 Å². The summed E-state index contributed by atoms with van der Waals surface area (Å²) in [6.45, 7) is 0.451. The highest BCUT2D eigenvalue weighted by atomic mass is 79.9. The monoisotopic (exact) mass is 537 g/mol. The van der Waals surface area contributed by atoms with Crippen molar-refractivity contribution in [2.75, 3.05) is 0 Å². The molecule has 1 amide bonds. The summed E-state index contributed by atoms with van der Waals surface area (Å²) in [5.74, 6) is 0.769. The van der Waals surface area contributed by atoms with Gasteiger partial charge in [-0.15, -0.1) is 0 Å². The molecule has 2 aliphatic rings. The van der Waals surface area contributed by atoms with Gasteiger partial charge in [-0.1, -0.05) is 102 Å². The van der Waals surface area contributed by atoms with E-state index in [-0.39, 0.29) is 11.9 Å². The zero-order valence-corrected chi connectivity index (χ0v) is 21.3. The van der Waals surface area contributed by atoms with Gasteiger partial charge in [0.05, 0.1) is 4.91 Å². The number of carbonyl (C=O) groups excluding carboxylic acids is 1. The van der Waals surface area contributed by atoms with Crippen LogP contribution in [0.1, 0.15) is 43.2 Å². The summed E-state index contributed by atoms with van der Waals surface area (Å²) in [5.41, 5.74) is 2.00. The van der Waals surface area contributed by atoms with E-state index in [2.05, 4.69) is 46.3 Å². The van der Waals surface area contributed by atoms with Gasteiger partial charge < -0.3 is 4.74 Å². The molecule has 1 aliphatic heterocycles. The van der Waals surface area contributed by atoms with E-state index < -0.39 is 0 Å². The number of carbonyl (C=O) groups is 1. The lowest BCUT2D eigenvalue weighted by Gasteiger charge is -2.29. The standard InChI is InChI=1S/C27H24BrNO2S2/c28-21-13-14-24(31-17-19-9-6-8-18-7-4-5-12-23(18)19)20(15-21)16-25-26(30)29(27(32)33-25)22-10-2-1-3-11-22/h4-9,12-16,22H,1-3,10-11,17H2/b25-16+. The van der Waals surface area contributed by atoms with Crippen molar-refractivity contribution in [1.82, 2.24) is 4.90 Å². The molecule has 3 aromatic rings. The van der Waals surface area contributed by atoms with Crippen molar-refractivity contribution in [3.63, 3.8) is 0 Å². The third-order valence-corrected chi connectivity index (χ3v) is 8.11. The predicted octanol–water partition coefficient (Wildman–Crippen LogP) is 7.72. The molecule has 0 atom stereocenters. The number of hydrogen-bond donors (Lipinski definition) is 0. The minimum atomic E-state index is 0.0249. The Morgan fingerprint density at radius 1 is 1.06 bits per heavy atom. The SMILES string of the molecule is O=C1/C(=C\c2cc(Br)ccc2OCc2cccc3ccccc23)SC(=S)N1C1CCCCC1. The largest absolute Gasteiger partial charge is 0.488 e. The zero-order chi connectivity index (χ0) is 22.8. The van der Waals surface area contributed by atoms with Crippen molar-refractivity contribution >= 4 is 67.0 Å². The van der Waals surface area contributed by atoms with E-state index in [9.17, 15) is 4.79 Å². The van der Waals surface area contributed by atoms with Crippen molar-refractivity contribution in [3.05, 3.63) is 81.2 Å². The molecule has 0 unspecified atom stereocenters. The maximum absolute atomic E-state index is 13.2. The molecule has 1 saturated carbocycles.